The number of anilines is 1. The average Bonchev–Trinajstić information content (AvgIpc) is 2.94. The van der Waals surface area contributed by atoms with Crippen molar-refractivity contribution < 1.29 is 22.9 Å². The SMILES string of the molecule is Cc1cc(C(=O)Nc2nc3c(F)c(F)c(F)cc3s2)ccc1[N+](=O)[O-]. The van der Waals surface area contributed by atoms with Crippen molar-refractivity contribution in [2.75, 3.05) is 5.32 Å². The molecule has 10 heteroatoms. The number of aryl methyl sites for hydroxylation is 1. The maximum absolute atomic E-state index is 13.7. The third-order valence-corrected chi connectivity index (χ3v) is 4.32. The van der Waals surface area contributed by atoms with Crippen LogP contribution in [0.15, 0.2) is 24.3 Å². The number of nitro groups is 1. The zero-order valence-corrected chi connectivity index (χ0v) is 13.3. The number of aromatic nitrogens is 1. The molecule has 0 aliphatic carbocycles. The summed E-state index contributed by atoms with van der Waals surface area (Å²) in [6.07, 6.45) is 0. The molecule has 1 amide bonds. The number of nitro benzene ring substituents is 1. The highest BCUT2D eigenvalue weighted by Crippen LogP contribution is 2.30. The highest BCUT2D eigenvalue weighted by atomic mass is 32.1. The van der Waals surface area contributed by atoms with Gasteiger partial charge >= 0.3 is 0 Å². The van der Waals surface area contributed by atoms with Crippen LogP contribution >= 0.6 is 11.3 Å². The van der Waals surface area contributed by atoms with Crippen LogP contribution in [0.4, 0.5) is 24.0 Å². The molecule has 0 unspecified atom stereocenters. The number of benzene rings is 2. The lowest BCUT2D eigenvalue weighted by molar-refractivity contribution is -0.385. The van der Waals surface area contributed by atoms with Crippen molar-refractivity contribution >= 4 is 38.3 Å². The summed E-state index contributed by atoms with van der Waals surface area (Å²) in [5.74, 6) is -5.06. The van der Waals surface area contributed by atoms with E-state index in [4.69, 9.17) is 0 Å². The summed E-state index contributed by atoms with van der Waals surface area (Å²) in [5, 5.41) is 13.1. The van der Waals surface area contributed by atoms with Crippen LogP contribution in [-0.2, 0) is 0 Å². The highest BCUT2D eigenvalue weighted by Gasteiger charge is 2.19. The van der Waals surface area contributed by atoms with Gasteiger partial charge in [0.05, 0.1) is 9.62 Å². The van der Waals surface area contributed by atoms with Gasteiger partial charge in [0.25, 0.3) is 11.6 Å². The average molecular weight is 367 g/mol. The number of amides is 1. The summed E-state index contributed by atoms with van der Waals surface area (Å²) >= 11 is 0.772. The zero-order chi connectivity index (χ0) is 18.3. The minimum Gasteiger partial charge on any atom is -0.298 e. The third kappa shape index (κ3) is 3.03. The van der Waals surface area contributed by atoms with Gasteiger partial charge in [-0.2, -0.15) is 0 Å². The molecule has 1 N–H and O–H groups in total. The number of hydrogen-bond donors (Lipinski definition) is 1. The zero-order valence-electron chi connectivity index (χ0n) is 12.5. The number of fused-ring (bicyclic) bond motifs is 1. The minimum atomic E-state index is -1.64. The molecule has 0 spiro atoms. The first-order chi connectivity index (χ1) is 11.8. The molecule has 0 radical (unpaired) electrons. The summed E-state index contributed by atoms with van der Waals surface area (Å²) in [4.78, 5) is 26.1. The normalized spacial score (nSPS) is 10.9. The van der Waals surface area contributed by atoms with Crippen LogP contribution in [0.2, 0.25) is 0 Å². The molecule has 1 aromatic heterocycles. The van der Waals surface area contributed by atoms with Gasteiger partial charge in [-0.05, 0) is 25.1 Å². The van der Waals surface area contributed by atoms with Crippen molar-refractivity contribution in [3.8, 4) is 0 Å². The Hall–Kier alpha value is -3.01. The maximum Gasteiger partial charge on any atom is 0.272 e. The van der Waals surface area contributed by atoms with E-state index in [-0.39, 0.29) is 32.2 Å². The van der Waals surface area contributed by atoms with Gasteiger partial charge in [-0.25, -0.2) is 18.2 Å². The molecule has 0 saturated heterocycles. The number of rotatable bonds is 3. The lowest BCUT2D eigenvalue weighted by atomic mass is 10.1. The first kappa shape index (κ1) is 16.8. The van der Waals surface area contributed by atoms with Crippen molar-refractivity contribution in [3.05, 3.63) is 63.0 Å². The molecule has 2 aromatic carbocycles. The van der Waals surface area contributed by atoms with Crippen LogP contribution in [0.3, 0.4) is 0 Å². The Kier molecular flexibility index (Phi) is 4.13. The molecule has 1 heterocycles. The first-order valence-electron chi connectivity index (χ1n) is 6.78. The molecule has 6 nitrogen and oxygen atoms in total. The first-order valence-corrected chi connectivity index (χ1v) is 7.60. The number of nitrogens with one attached hydrogen (secondary N) is 1. The van der Waals surface area contributed by atoms with Gasteiger partial charge in [0, 0.05) is 17.2 Å². The lowest BCUT2D eigenvalue weighted by Crippen LogP contribution is -2.12. The van der Waals surface area contributed by atoms with Crippen molar-refractivity contribution in [1.29, 1.82) is 0 Å². The van der Waals surface area contributed by atoms with Gasteiger partial charge in [-0.3, -0.25) is 20.2 Å². The molecule has 0 saturated carbocycles. The fraction of sp³-hybridized carbons (Fsp3) is 0.0667. The van der Waals surface area contributed by atoms with Crippen molar-refractivity contribution in [1.82, 2.24) is 4.98 Å². The number of nitrogens with zero attached hydrogens (tertiary/aromatic N) is 2. The standard InChI is InChI=1S/C15H8F3N3O3S/c1-6-4-7(2-3-9(6)21(23)24)14(22)20-15-19-13-10(25-15)5-8(16)11(17)12(13)18/h2-5H,1H3,(H,19,20,22). The van der Waals surface area contributed by atoms with Gasteiger partial charge in [0.15, 0.2) is 22.6 Å². The van der Waals surface area contributed by atoms with E-state index < -0.39 is 28.3 Å². The van der Waals surface area contributed by atoms with Crippen LogP contribution < -0.4 is 5.32 Å². The fourth-order valence-electron chi connectivity index (χ4n) is 2.20. The topological polar surface area (TPSA) is 85.1 Å². The van der Waals surface area contributed by atoms with Crippen LogP contribution in [0.25, 0.3) is 10.2 Å². The van der Waals surface area contributed by atoms with Crippen LogP contribution in [-0.4, -0.2) is 15.8 Å². The highest BCUT2D eigenvalue weighted by molar-refractivity contribution is 7.22. The Labute approximate surface area is 142 Å². The predicted molar refractivity (Wildman–Crippen MR) is 85.3 cm³/mol. The summed E-state index contributed by atoms with van der Waals surface area (Å²) in [6.45, 7) is 1.48. The smallest absolute Gasteiger partial charge is 0.272 e. The van der Waals surface area contributed by atoms with E-state index in [1.54, 1.807) is 0 Å². The van der Waals surface area contributed by atoms with Crippen molar-refractivity contribution in [3.63, 3.8) is 0 Å². The summed E-state index contributed by atoms with van der Waals surface area (Å²) in [5.41, 5.74) is -0.110. The number of thiazole rings is 1. The second kappa shape index (κ2) is 6.13. The van der Waals surface area contributed by atoms with Crippen LogP contribution in [0.1, 0.15) is 15.9 Å². The van der Waals surface area contributed by atoms with E-state index >= 15 is 0 Å². The predicted octanol–water partition coefficient (Wildman–Crippen LogP) is 4.18. The van der Waals surface area contributed by atoms with Crippen molar-refractivity contribution in [2.24, 2.45) is 0 Å². The number of carbonyl (C=O) groups is 1. The summed E-state index contributed by atoms with van der Waals surface area (Å²) in [6, 6.07) is 4.55. The van der Waals surface area contributed by atoms with E-state index in [2.05, 4.69) is 10.3 Å². The van der Waals surface area contributed by atoms with Gasteiger partial charge in [0.2, 0.25) is 0 Å². The number of carbonyl (C=O) groups excluding carboxylic acids is 1. The fourth-order valence-corrected chi connectivity index (χ4v) is 3.08. The van der Waals surface area contributed by atoms with Gasteiger partial charge in [-0.1, -0.05) is 11.3 Å². The molecule has 0 atom stereocenters. The van der Waals surface area contributed by atoms with Gasteiger partial charge in [-0.15, -0.1) is 0 Å². The van der Waals surface area contributed by atoms with Gasteiger partial charge < -0.3 is 0 Å². The number of halogens is 3. The Morgan fingerprint density at radius 1 is 1.24 bits per heavy atom. The van der Waals surface area contributed by atoms with Crippen LogP contribution in [0, 0.1) is 34.5 Å². The Bertz CT molecular complexity index is 1040. The van der Waals surface area contributed by atoms with Crippen LogP contribution in [0.5, 0.6) is 0 Å². The lowest BCUT2D eigenvalue weighted by Gasteiger charge is -2.03. The Morgan fingerprint density at radius 2 is 1.96 bits per heavy atom. The second-order valence-electron chi connectivity index (χ2n) is 5.06. The van der Waals surface area contributed by atoms with E-state index in [1.807, 2.05) is 0 Å². The molecular weight excluding hydrogens is 359 g/mol. The van der Waals surface area contributed by atoms with E-state index in [0.29, 0.717) is 0 Å². The largest absolute Gasteiger partial charge is 0.298 e. The molecule has 0 aliphatic rings. The molecular formula is C15H8F3N3O3S. The summed E-state index contributed by atoms with van der Waals surface area (Å²) < 4.78 is 40.1. The molecule has 3 aromatic rings. The monoisotopic (exact) mass is 367 g/mol. The quantitative estimate of drug-likeness (QED) is 0.427. The molecule has 0 aliphatic heterocycles. The van der Waals surface area contributed by atoms with E-state index in [0.717, 1.165) is 17.4 Å². The second-order valence-corrected chi connectivity index (χ2v) is 6.10. The maximum atomic E-state index is 13.7. The van der Waals surface area contributed by atoms with E-state index in [9.17, 15) is 28.1 Å². The van der Waals surface area contributed by atoms with E-state index in [1.165, 1.54) is 25.1 Å². The molecule has 0 bridgehead atoms. The molecule has 3 rings (SSSR count). The number of hydrogen-bond acceptors (Lipinski definition) is 5. The Morgan fingerprint density at radius 3 is 2.60 bits per heavy atom. The minimum absolute atomic E-state index is 0.0339. The Balaban J connectivity index is 1.91. The third-order valence-electron chi connectivity index (χ3n) is 3.40. The summed E-state index contributed by atoms with van der Waals surface area (Å²) in [7, 11) is 0. The molecule has 128 valence electrons. The van der Waals surface area contributed by atoms with Gasteiger partial charge in [0.1, 0.15) is 5.52 Å². The van der Waals surface area contributed by atoms with Crippen molar-refractivity contribution in [2.45, 2.75) is 6.92 Å². The molecule has 25 heavy (non-hydrogen) atoms. The molecule has 0 fully saturated rings.